The number of amides is 2. The summed E-state index contributed by atoms with van der Waals surface area (Å²) >= 11 is 0. The van der Waals surface area contributed by atoms with Gasteiger partial charge in [0.2, 0.25) is 5.91 Å². The van der Waals surface area contributed by atoms with Gasteiger partial charge in [-0.2, -0.15) is 5.10 Å². The smallest absolute Gasteiger partial charge is 0.267 e. The summed E-state index contributed by atoms with van der Waals surface area (Å²) in [4.78, 5) is 24.0. The Morgan fingerprint density at radius 1 is 1.31 bits per heavy atom. The highest BCUT2D eigenvalue weighted by Gasteiger charge is 2.26. The number of piperidine rings is 1. The van der Waals surface area contributed by atoms with Crippen molar-refractivity contribution in [2.24, 2.45) is 11.0 Å². The molecule has 2 aliphatic rings. The minimum Gasteiger partial charge on any atom is -0.351 e. The summed E-state index contributed by atoms with van der Waals surface area (Å²) in [5.41, 5.74) is 1.74. The van der Waals surface area contributed by atoms with Gasteiger partial charge < -0.3 is 10.6 Å². The van der Waals surface area contributed by atoms with E-state index in [1.165, 1.54) is 23.4 Å². The number of nitrogens with zero attached hydrogens (tertiary/aromatic N) is 2. The summed E-state index contributed by atoms with van der Waals surface area (Å²) < 4.78 is 0. The minimum absolute atomic E-state index is 0.0464. The molecule has 6 nitrogen and oxygen atoms in total. The Hall–Kier alpha value is -2.21. The SMILES string of the molecule is CN1N=C(C(=O)NCC(Cc2ccccc2)C2CCCCN2)CCC1=O. The van der Waals surface area contributed by atoms with Crippen LogP contribution in [-0.4, -0.2) is 48.7 Å². The summed E-state index contributed by atoms with van der Waals surface area (Å²) in [5, 5.41) is 12.1. The molecular weight excluding hydrogens is 328 g/mol. The van der Waals surface area contributed by atoms with Crippen LogP contribution in [0.1, 0.15) is 37.7 Å². The molecule has 2 atom stereocenters. The topological polar surface area (TPSA) is 73.8 Å². The number of rotatable bonds is 6. The quantitative estimate of drug-likeness (QED) is 0.815. The lowest BCUT2D eigenvalue weighted by Gasteiger charge is -2.32. The number of hydrogen-bond acceptors (Lipinski definition) is 4. The Balaban J connectivity index is 1.62. The number of carbonyl (C=O) groups is 2. The van der Waals surface area contributed by atoms with E-state index < -0.39 is 0 Å². The highest BCUT2D eigenvalue weighted by Crippen LogP contribution is 2.19. The van der Waals surface area contributed by atoms with Gasteiger partial charge in [-0.15, -0.1) is 0 Å². The second-order valence-corrected chi connectivity index (χ2v) is 7.18. The Morgan fingerprint density at radius 3 is 2.81 bits per heavy atom. The molecular formula is C20H28N4O2. The largest absolute Gasteiger partial charge is 0.351 e. The van der Waals surface area contributed by atoms with Gasteiger partial charge in [0.1, 0.15) is 5.71 Å². The zero-order valence-electron chi connectivity index (χ0n) is 15.4. The Labute approximate surface area is 155 Å². The van der Waals surface area contributed by atoms with Gasteiger partial charge in [-0.1, -0.05) is 36.8 Å². The van der Waals surface area contributed by atoms with E-state index in [1.807, 2.05) is 6.07 Å². The normalized spacial score (nSPS) is 21.9. The van der Waals surface area contributed by atoms with E-state index in [4.69, 9.17) is 0 Å². The van der Waals surface area contributed by atoms with Crippen LogP contribution in [0.4, 0.5) is 0 Å². The number of hydrazone groups is 1. The summed E-state index contributed by atoms with van der Waals surface area (Å²) in [6, 6.07) is 10.8. The van der Waals surface area contributed by atoms with Crippen molar-refractivity contribution in [2.75, 3.05) is 20.1 Å². The average Bonchev–Trinajstić information content (AvgIpc) is 2.68. The molecule has 140 valence electrons. The van der Waals surface area contributed by atoms with Gasteiger partial charge >= 0.3 is 0 Å². The van der Waals surface area contributed by atoms with E-state index in [2.05, 4.69) is 40.0 Å². The molecule has 6 heteroatoms. The van der Waals surface area contributed by atoms with Crippen LogP contribution < -0.4 is 10.6 Å². The number of nitrogens with one attached hydrogen (secondary N) is 2. The maximum atomic E-state index is 12.5. The van der Waals surface area contributed by atoms with Gasteiger partial charge in [-0.3, -0.25) is 9.59 Å². The van der Waals surface area contributed by atoms with E-state index in [9.17, 15) is 9.59 Å². The summed E-state index contributed by atoms with van der Waals surface area (Å²) in [6.45, 7) is 1.66. The predicted octanol–water partition coefficient (Wildman–Crippen LogP) is 1.71. The first-order valence-corrected chi connectivity index (χ1v) is 9.53. The molecule has 26 heavy (non-hydrogen) atoms. The van der Waals surface area contributed by atoms with Crippen LogP contribution in [0.2, 0.25) is 0 Å². The van der Waals surface area contributed by atoms with Crippen molar-refractivity contribution in [1.82, 2.24) is 15.6 Å². The third-order valence-electron chi connectivity index (χ3n) is 5.25. The van der Waals surface area contributed by atoms with Crippen molar-refractivity contribution in [3.05, 3.63) is 35.9 Å². The molecule has 2 N–H and O–H groups in total. The maximum Gasteiger partial charge on any atom is 0.267 e. The Bertz CT molecular complexity index is 653. The third kappa shape index (κ3) is 4.91. The summed E-state index contributed by atoms with van der Waals surface area (Å²) in [6.07, 6.45) is 5.30. The van der Waals surface area contributed by atoms with E-state index in [0.717, 1.165) is 19.4 Å². The number of hydrogen-bond donors (Lipinski definition) is 2. The summed E-state index contributed by atoms with van der Waals surface area (Å²) in [5.74, 6) is 0.137. The molecule has 1 aromatic carbocycles. The van der Waals surface area contributed by atoms with Crippen LogP contribution >= 0.6 is 0 Å². The lowest BCUT2D eigenvalue weighted by Crippen LogP contribution is -2.47. The monoisotopic (exact) mass is 356 g/mol. The van der Waals surface area contributed by atoms with Gasteiger partial charge in [-0.05, 0) is 37.3 Å². The molecule has 2 unspecified atom stereocenters. The van der Waals surface area contributed by atoms with Gasteiger partial charge in [0, 0.05) is 32.5 Å². The molecule has 2 aliphatic heterocycles. The minimum atomic E-state index is -0.154. The van der Waals surface area contributed by atoms with Crippen LogP contribution in [0.25, 0.3) is 0 Å². The zero-order chi connectivity index (χ0) is 18.4. The van der Waals surface area contributed by atoms with Crippen LogP contribution in [0.3, 0.4) is 0 Å². The van der Waals surface area contributed by atoms with E-state index in [-0.39, 0.29) is 11.8 Å². The first kappa shape index (κ1) is 18.6. The first-order chi connectivity index (χ1) is 12.6. The third-order valence-corrected chi connectivity index (χ3v) is 5.25. The molecule has 0 bridgehead atoms. The van der Waals surface area contributed by atoms with E-state index >= 15 is 0 Å². The molecule has 3 rings (SSSR count). The number of carbonyl (C=O) groups excluding carboxylic acids is 2. The van der Waals surface area contributed by atoms with Gasteiger partial charge in [0.25, 0.3) is 5.91 Å². The average molecular weight is 356 g/mol. The Morgan fingerprint density at radius 2 is 2.12 bits per heavy atom. The van der Waals surface area contributed by atoms with Crippen LogP contribution in [-0.2, 0) is 16.0 Å². The van der Waals surface area contributed by atoms with Crippen molar-refractivity contribution >= 4 is 17.5 Å². The molecule has 1 fully saturated rings. The second kappa shape index (κ2) is 8.94. The highest BCUT2D eigenvalue weighted by atomic mass is 16.2. The standard InChI is InChI=1S/C20H28N4O2/c1-24-19(25)11-10-18(23-24)20(26)22-14-16(17-9-5-6-12-21-17)13-15-7-3-2-4-8-15/h2-4,7-8,16-17,21H,5-6,9-14H2,1H3,(H,22,26). The van der Waals surface area contributed by atoms with Crippen LogP contribution in [0.5, 0.6) is 0 Å². The fourth-order valence-electron chi connectivity index (χ4n) is 3.71. The molecule has 0 aliphatic carbocycles. The molecule has 0 saturated carbocycles. The number of benzene rings is 1. The lowest BCUT2D eigenvalue weighted by molar-refractivity contribution is -0.130. The fourth-order valence-corrected chi connectivity index (χ4v) is 3.71. The molecule has 1 aromatic rings. The van der Waals surface area contributed by atoms with E-state index in [0.29, 0.717) is 37.1 Å². The van der Waals surface area contributed by atoms with Crippen molar-refractivity contribution in [3.8, 4) is 0 Å². The van der Waals surface area contributed by atoms with Crippen LogP contribution in [0.15, 0.2) is 35.4 Å². The van der Waals surface area contributed by atoms with E-state index in [1.54, 1.807) is 7.05 Å². The molecule has 0 radical (unpaired) electrons. The van der Waals surface area contributed by atoms with Crippen molar-refractivity contribution in [3.63, 3.8) is 0 Å². The zero-order valence-corrected chi connectivity index (χ0v) is 15.4. The predicted molar refractivity (Wildman–Crippen MR) is 102 cm³/mol. The van der Waals surface area contributed by atoms with Crippen molar-refractivity contribution < 1.29 is 9.59 Å². The molecule has 1 saturated heterocycles. The molecule has 0 aromatic heterocycles. The van der Waals surface area contributed by atoms with Crippen LogP contribution in [0, 0.1) is 5.92 Å². The van der Waals surface area contributed by atoms with Crippen molar-refractivity contribution in [2.45, 2.75) is 44.6 Å². The van der Waals surface area contributed by atoms with Gasteiger partial charge in [-0.25, -0.2) is 5.01 Å². The van der Waals surface area contributed by atoms with Gasteiger partial charge in [0.15, 0.2) is 0 Å². The highest BCUT2D eigenvalue weighted by molar-refractivity contribution is 6.39. The summed E-state index contributed by atoms with van der Waals surface area (Å²) in [7, 11) is 1.60. The second-order valence-electron chi connectivity index (χ2n) is 7.18. The Kier molecular flexibility index (Phi) is 6.39. The lowest BCUT2D eigenvalue weighted by atomic mass is 9.87. The molecule has 0 spiro atoms. The fraction of sp³-hybridized carbons (Fsp3) is 0.550. The first-order valence-electron chi connectivity index (χ1n) is 9.53. The van der Waals surface area contributed by atoms with Crippen molar-refractivity contribution in [1.29, 1.82) is 0 Å². The maximum absolute atomic E-state index is 12.5. The molecule has 2 heterocycles. The molecule has 2 amide bonds. The van der Waals surface area contributed by atoms with Gasteiger partial charge in [0.05, 0.1) is 0 Å².